The van der Waals surface area contributed by atoms with E-state index in [0.717, 1.165) is 0 Å². The van der Waals surface area contributed by atoms with Crippen molar-refractivity contribution in [2.75, 3.05) is 25.1 Å². The van der Waals surface area contributed by atoms with E-state index in [4.69, 9.17) is 22.1 Å². The highest BCUT2D eigenvalue weighted by Crippen LogP contribution is 2.33. The van der Waals surface area contributed by atoms with Crippen molar-refractivity contribution >= 4 is 23.2 Å². The van der Waals surface area contributed by atoms with E-state index in [-0.39, 0.29) is 23.2 Å². The third-order valence-corrected chi connectivity index (χ3v) is 3.84. The minimum atomic E-state index is -0.705. The molecule has 0 saturated carbocycles. The highest BCUT2D eigenvalue weighted by Gasteiger charge is 2.39. The van der Waals surface area contributed by atoms with Crippen LogP contribution in [-0.2, 0) is 9.53 Å². The molecule has 1 heterocycles. The van der Waals surface area contributed by atoms with E-state index < -0.39 is 11.2 Å². The van der Waals surface area contributed by atoms with Crippen molar-refractivity contribution in [3.63, 3.8) is 0 Å². The molecule has 4 nitrogen and oxygen atoms in total. The summed E-state index contributed by atoms with van der Waals surface area (Å²) in [4.78, 5) is 12.4. The minimum absolute atomic E-state index is 0.00786. The number of halogens is 2. The minimum Gasteiger partial charge on any atom is -0.381 e. The molecule has 1 aliphatic heterocycles. The van der Waals surface area contributed by atoms with Gasteiger partial charge < -0.3 is 15.8 Å². The van der Waals surface area contributed by atoms with Gasteiger partial charge in [0.05, 0.1) is 16.1 Å². The van der Waals surface area contributed by atoms with Gasteiger partial charge in [0.1, 0.15) is 5.82 Å². The maximum atomic E-state index is 13.7. The van der Waals surface area contributed by atoms with Crippen LogP contribution >= 0.6 is 11.6 Å². The van der Waals surface area contributed by atoms with E-state index in [0.29, 0.717) is 26.1 Å². The van der Waals surface area contributed by atoms with Gasteiger partial charge in [0.2, 0.25) is 5.91 Å². The first-order chi connectivity index (χ1) is 9.09. The first-order valence-corrected chi connectivity index (χ1v) is 6.50. The molecule has 1 aromatic carbocycles. The Labute approximate surface area is 116 Å². The highest BCUT2D eigenvalue weighted by molar-refractivity contribution is 6.33. The normalized spacial score (nSPS) is 18.1. The molecular formula is C13H16ClFN2O2. The monoisotopic (exact) mass is 286 g/mol. The van der Waals surface area contributed by atoms with E-state index in [1.807, 2.05) is 0 Å². The molecule has 1 fully saturated rings. The summed E-state index contributed by atoms with van der Waals surface area (Å²) in [5, 5.41) is 2.73. The summed E-state index contributed by atoms with van der Waals surface area (Å²) in [5.41, 5.74) is 5.03. The third kappa shape index (κ3) is 2.88. The number of carbonyl (C=O) groups is 1. The van der Waals surface area contributed by atoms with Gasteiger partial charge in [-0.1, -0.05) is 17.7 Å². The summed E-state index contributed by atoms with van der Waals surface area (Å²) < 4.78 is 18.9. The second kappa shape index (κ2) is 5.86. The van der Waals surface area contributed by atoms with Crippen LogP contribution in [0.3, 0.4) is 0 Å². The fourth-order valence-corrected chi connectivity index (χ4v) is 2.36. The molecule has 104 valence electrons. The Morgan fingerprint density at radius 3 is 2.74 bits per heavy atom. The maximum Gasteiger partial charge on any atom is 0.232 e. The van der Waals surface area contributed by atoms with E-state index >= 15 is 0 Å². The molecule has 19 heavy (non-hydrogen) atoms. The number of anilines is 1. The second-order valence-electron chi connectivity index (χ2n) is 4.65. The Morgan fingerprint density at radius 1 is 1.47 bits per heavy atom. The van der Waals surface area contributed by atoms with Crippen LogP contribution in [0.15, 0.2) is 18.2 Å². The fourth-order valence-electron chi connectivity index (χ4n) is 2.15. The molecule has 0 bridgehead atoms. The van der Waals surface area contributed by atoms with Crippen molar-refractivity contribution < 1.29 is 13.9 Å². The number of ether oxygens (including phenoxy) is 1. The first-order valence-electron chi connectivity index (χ1n) is 6.12. The molecule has 0 unspecified atom stereocenters. The van der Waals surface area contributed by atoms with Gasteiger partial charge in [0, 0.05) is 19.8 Å². The summed E-state index contributed by atoms with van der Waals surface area (Å²) >= 11 is 5.89. The molecule has 0 atom stereocenters. The Bertz CT molecular complexity index is 455. The van der Waals surface area contributed by atoms with Gasteiger partial charge in [-0.05, 0) is 25.0 Å². The molecule has 1 amide bonds. The molecule has 0 radical (unpaired) electrons. The molecule has 2 rings (SSSR count). The number of rotatable bonds is 3. The van der Waals surface area contributed by atoms with Gasteiger partial charge in [-0.3, -0.25) is 4.79 Å². The van der Waals surface area contributed by atoms with Crippen LogP contribution < -0.4 is 11.1 Å². The Hall–Kier alpha value is -1.17. The van der Waals surface area contributed by atoms with Crippen LogP contribution in [-0.4, -0.2) is 25.7 Å². The lowest BCUT2D eigenvalue weighted by molar-refractivity contribution is -0.130. The van der Waals surface area contributed by atoms with Gasteiger partial charge in [-0.25, -0.2) is 4.39 Å². The van der Waals surface area contributed by atoms with E-state index in [9.17, 15) is 9.18 Å². The zero-order valence-corrected chi connectivity index (χ0v) is 11.2. The predicted molar refractivity (Wildman–Crippen MR) is 71.6 cm³/mol. The Morgan fingerprint density at radius 2 is 2.16 bits per heavy atom. The fraction of sp³-hybridized carbons (Fsp3) is 0.462. The molecule has 1 saturated heterocycles. The number of amides is 1. The van der Waals surface area contributed by atoms with Crippen LogP contribution in [0.2, 0.25) is 5.02 Å². The Balaban J connectivity index is 2.20. The molecule has 6 heteroatoms. The number of carbonyl (C=O) groups excluding carboxylic acids is 1. The SMILES string of the molecule is NCC1(C(=O)Nc2c(F)cccc2Cl)CCOCC1. The lowest BCUT2D eigenvalue weighted by Gasteiger charge is -2.34. The summed E-state index contributed by atoms with van der Waals surface area (Å²) in [6, 6.07) is 4.26. The predicted octanol–water partition coefficient (Wildman–Crippen LogP) is 2.17. The smallest absolute Gasteiger partial charge is 0.232 e. The number of benzene rings is 1. The third-order valence-electron chi connectivity index (χ3n) is 3.52. The van der Waals surface area contributed by atoms with E-state index in [2.05, 4.69) is 5.32 Å². The summed E-state index contributed by atoms with van der Waals surface area (Å²) in [7, 11) is 0. The largest absolute Gasteiger partial charge is 0.381 e. The van der Waals surface area contributed by atoms with Crippen molar-refractivity contribution in [2.24, 2.45) is 11.1 Å². The van der Waals surface area contributed by atoms with Crippen LogP contribution in [0.1, 0.15) is 12.8 Å². The number of hydrogen-bond acceptors (Lipinski definition) is 3. The topological polar surface area (TPSA) is 64.4 Å². The van der Waals surface area contributed by atoms with Gasteiger partial charge >= 0.3 is 0 Å². The van der Waals surface area contributed by atoms with Crippen molar-refractivity contribution in [3.05, 3.63) is 29.0 Å². The van der Waals surface area contributed by atoms with Gasteiger partial charge in [-0.15, -0.1) is 0 Å². The number of nitrogens with one attached hydrogen (secondary N) is 1. The second-order valence-corrected chi connectivity index (χ2v) is 5.05. The molecule has 1 aliphatic rings. The highest BCUT2D eigenvalue weighted by atomic mass is 35.5. The average Bonchev–Trinajstić information content (AvgIpc) is 2.43. The van der Waals surface area contributed by atoms with Gasteiger partial charge in [0.25, 0.3) is 0 Å². The average molecular weight is 287 g/mol. The standard InChI is InChI=1S/C13H16ClFN2O2/c14-9-2-1-3-10(15)11(9)17-12(18)13(8-16)4-6-19-7-5-13/h1-3H,4-8,16H2,(H,17,18). The number of para-hydroxylation sites is 1. The first kappa shape index (κ1) is 14.2. The molecular weight excluding hydrogens is 271 g/mol. The van der Waals surface area contributed by atoms with E-state index in [1.54, 1.807) is 0 Å². The number of hydrogen-bond donors (Lipinski definition) is 2. The summed E-state index contributed by atoms with van der Waals surface area (Å²) in [6.45, 7) is 1.17. The molecule has 1 aromatic rings. The molecule has 3 N–H and O–H groups in total. The van der Waals surface area contributed by atoms with Crippen molar-refractivity contribution in [2.45, 2.75) is 12.8 Å². The van der Waals surface area contributed by atoms with Gasteiger partial charge in [0.15, 0.2) is 0 Å². The van der Waals surface area contributed by atoms with Crippen molar-refractivity contribution in [1.29, 1.82) is 0 Å². The van der Waals surface area contributed by atoms with Crippen molar-refractivity contribution in [3.8, 4) is 0 Å². The van der Waals surface area contributed by atoms with Crippen molar-refractivity contribution in [1.82, 2.24) is 0 Å². The molecule has 0 aromatic heterocycles. The Kier molecular flexibility index (Phi) is 4.39. The van der Waals surface area contributed by atoms with Crippen LogP contribution in [0.25, 0.3) is 0 Å². The maximum absolute atomic E-state index is 13.7. The zero-order valence-electron chi connectivity index (χ0n) is 10.4. The molecule has 0 spiro atoms. The van der Waals surface area contributed by atoms with Crippen LogP contribution in [0.4, 0.5) is 10.1 Å². The van der Waals surface area contributed by atoms with E-state index in [1.165, 1.54) is 18.2 Å². The lowest BCUT2D eigenvalue weighted by Crippen LogP contribution is -2.46. The number of nitrogens with two attached hydrogens (primary N) is 1. The molecule has 0 aliphatic carbocycles. The zero-order chi connectivity index (χ0) is 13.9. The quantitative estimate of drug-likeness (QED) is 0.895. The summed E-state index contributed by atoms with van der Waals surface area (Å²) in [6.07, 6.45) is 1.06. The lowest BCUT2D eigenvalue weighted by atomic mass is 9.79. The summed E-state index contributed by atoms with van der Waals surface area (Å²) in [5.74, 6) is -0.856. The van der Waals surface area contributed by atoms with Crippen LogP contribution in [0, 0.1) is 11.2 Å². The van der Waals surface area contributed by atoms with Crippen LogP contribution in [0.5, 0.6) is 0 Å². The van der Waals surface area contributed by atoms with Gasteiger partial charge in [-0.2, -0.15) is 0 Å².